The Morgan fingerprint density at radius 3 is 1.25 bits per heavy atom. The largest absolute Gasteiger partial charge is 0.354 e. The van der Waals surface area contributed by atoms with Crippen molar-refractivity contribution in [2.45, 2.75) is 115 Å². The molecule has 9 aromatic rings. The van der Waals surface area contributed by atoms with Gasteiger partial charge < -0.3 is 30.7 Å². The van der Waals surface area contributed by atoms with Gasteiger partial charge in [-0.3, -0.25) is 0 Å². The molecule has 3 unspecified atom stereocenters. The maximum absolute atomic E-state index is 6.57. The lowest BCUT2D eigenvalue weighted by Crippen LogP contribution is -2.39. The third-order valence-electron chi connectivity index (χ3n) is 18.9. The number of hydrogen-bond donors (Lipinski definition) is 3. The molecule has 2 aliphatic heterocycles. The van der Waals surface area contributed by atoms with Crippen LogP contribution in [-0.4, -0.2) is 123 Å². The van der Waals surface area contributed by atoms with Gasteiger partial charge in [0.2, 0.25) is 17.8 Å². The first kappa shape index (κ1) is 64.8. The van der Waals surface area contributed by atoms with Crippen LogP contribution >= 0.6 is 34.8 Å². The number of aromatic nitrogens is 6. The summed E-state index contributed by atoms with van der Waals surface area (Å²) in [5.41, 5.74) is 17.9. The zero-order valence-corrected chi connectivity index (χ0v) is 56.4. The highest BCUT2D eigenvalue weighted by Crippen LogP contribution is 2.46. The van der Waals surface area contributed by atoms with E-state index in [9.17, 15) is 0 Å². The fourth-order valence-corrected chi connectivity index (χ4v) is 15.2. The number of rotatable bonds is 16. The van der Waals surface area contributed by atoms with Crippen LogP contribution in [0, 0.1) is 5.41 Å². The van der Waals surface area contributed by atoms with Crippen LogP contribution in [-0.2, 0) is 19.3 Å². The zero-order valence-electron chi connectivity index (χ0n) is 54.2. The normalized spacial score (nSPS) is 17.9. The summed E-state index contributed by atoms with van der Waals surface area (Å²) in [6.07, 6.45) is 15.7. The van der Waals surface area contributed by atoms with Gasteiger partial charge in [-0.15, -0.1) is 0 Å². The van der Waals surface area contributed by atoms with Gasteiger partial charge in [-0.2, -0.15) is 0 Å². The molecule has 0 spiro atoms. The van der Waals surface area contributed by atoms with Gasteiger partial charge in [0.05, 0.1) is 17.1 Å². The van der Waals surface area contributed by atoms with Crippen LogP contribution in [0.2, 0.25) is 15.1 Å². The van der Waals surface area contributed by atoms with Crippen LogP contribution in [0.3, 0.4) is 0 Å². The second kappa shape index (κ2) is 29.8. The minimum Gasteiger partial charge on any atom is -0.354 e. The highest BCUT2D eigenvalue weighted by molar-refractivity contribution is 6.32. The van der Waals surface area contributed by atoms with Gasteiger partial charge in [-0.25, -0.2) is 29.9 Å². The molecular weight excluding hydrogens is 1200 g/mol. The topological polar surface area (TPSA) is 123 Å². The molecule has 0 amide bonds. The van der Waals surface area contributed by atoms with Gasteiger partial charge in [0.1, 0.15) is 0 Å². The van der Waals surface area contributed by atoms with E-state index < -0.39 is 0 Å². The Morgan fingerprint density at radius 1 is 0.467 bits per heavy atom. The molecule has 2 saturated heterocycles. The average molecular weight is 1290 g/mol. The Labute approximate surface area is 560 Å². The minimum atomic E-state index is 0.121. The molecule has 3 aliphatic carbocycles. The van der Waals surface area contributed by atoms with E-state index in [1.54, 1.807) is 0 Å². The van der Waals surface area contributed by atoms with Crippen molar-refractivity contribution < 1.29 is 0 Å². The Morgan fingerprint density at radius 2 is 0.837 bits per heavy atom. The van der Waals surface area contributed by atoms with Crippen molar-refractivity contribution in [1.82, 2.24) is 44.6 Å². The predicted octanol–water partition coefficient (Wildman–Crippen LogP) is 17.0. The summed E-state index contributed by atoms with van der Waals surface area (Å²) in [5, 5.41) is 13.1. The number of benzene rings is 6. The predicted molar refractivity (Wildman–Crippen MR) is 381 cm³/mol. The molecule has 15 heteroatoms. The Bertz CT molecular complexity index is 3950. The second-order valence-electron chi connectivity index (χ2n) is 26.6. The fourth-order valence-electron chi connectivity index (χ4n) is 14.5. The number of fused-ring (bicyclic) bond motifs is 9. The van der Waals surface area contributed by atoms with Crippen molar-refractivity contribution in [1.29, 1.82) is 0 Å². The highest BCUT2D eigenvalue weighted by atomic mass is 35.5. The molecule has 2 fully saturated rings. The summed E-state index contributed by atoms with van der Waals surface area (Å²) in [6, 6.07) is 51.2. The summed E-state index contributed by atoms with van der Waals surface area (Å²) in [6.45, 7) is 17.8. The van der Waals surface area contributed by atoms with Gasteiger partial charge in [0.15, 0.2) is 0 Å². The van der Waals surface area contributed by atoms with Gasteiger partial charge >= 0.3 is 0 Å². The van der Waals surface area contributed by atoms with E-state index in [2.05, 4.69) is 187 Å². The smallest absolute Gasteiger partial charge is 0.223 e. The van der Waals surface area contributed by atoms with Crippen molar-refractivity contribution >= 4 is 52.6 Å². The monoisotopic (exact) mass is 1280 g/mol. The quantitative estimate of drug-likeness (QED) is 0.0853. The molecule has 3 aromatic heterocycles. The van der Waals surface area contributed by atoms with E-state index in [-0.39, 0.29) is 17.3 Å². The number of anilines is 3. The van der Waals surface area contributed by atoms with Crippen LogP contribution in [0.25, 0.3) is 33.8 Å². The molecule has 92 heavy (non-hydrogen) atoms. The third-order valence-corrected chi connectivity index (χ3v) is 19.8. The van der Waals surface area contributed by atoms with Crippen LogP contribution in [0.1, 0.15) is 134 Å². The van der Waals surface area contributed by atoms with E-state index >= 15 is 0 Å². The van der Waals surface area contributed by atoms with Crippen molar-refractivity contribution in [3.05, 3.63) is 229 Å². The Hall–Kier alpha value is -7.29. The Balaban J connectivity index is 0.000000133. The highest BCUT2D eigenvalue weighted by Gasteiger charge is 2.33. The number of hydrogen-bond acceptors (Lipinski definition) is 12. The van der Waals surface area contributed by atoms with E-state index in [4.69, 9.17) is 59.7 Å². The van der Waals surface area contributed by atoms with Crippen LogP contribution < -0.4 is 16.0 Å². The van der Waals surface area contributed by atoms with E-state index in [0.29, 0.717) is 23.9 Å². The molecule has 3 N–H and O–H groups in total. The van der Waals surface area contributed by atoms with Gasteiger partial charge in [0.25, 0.3) is 0 Å². The van der Waals surface area contributed by atoms with E-state index in [1.165, 1.54) is 81.6 Å². The van der Waals surface area contributed by atoms with E-state index in [1.807, 2.05) is 55.0 Å². The van der Waals surface area contributed by atoms with Gasteiger partial charge in [-0.1, -0.05) is 184 Å². The van der Waals surface area contributed by atoms with Crippen molar-refractivity contribution in [3.63, 3.8) is 0 Å². The molecule has 3 atom stereocenters. The maximum atomic E-state index is 6.57. The molecule has 5 heterocycles. The average Bonchev–Trinajstić information content (AvgIpc) is 0.793. The lowest BCUT2D eigenvalue weighted by molar-refractivity contribution is 0.219. The third kappa shape index (κ3) is 15.3. The summed E-state index contributed by atoms with van der Waals surface area (Å²) < 4.78 is 0. The molecular formula is C77H87Cl3N12. The number of nitrogens with one attached hydrogen (secondary N) is 3. The number of piperidine rings is 2. The maximum Gasteiger partial charge on any atom is 0.223 e. The van der Waals surface area contributed by atoms with Crippen LogP contribution in [0.5, 0.6) is 0 Å². The summed E-state index contributed by atoms with van der Waals surface area (Å²) in [7, 11) is 4.20. The fraction of sp³-hybridized carbons (Fsp3) is 0.377. The number of halogens is 3. The van der Waals surface area contributed by atoms with Crippen LogP contribution in [0.15, 0.2) is 164 Å². The summed E-state index contributed by atoms with van der Waals surface area (Å²) in [5.74, 6) is 2.93. The van der Waals surface area contributed by atoms with Gasteiger partial charge in [0, 0.05) is 119 Å². The number of likely N-dealkylation sites (tertiary alicyclic amines) is 2. The van der Waals surface area contributed by atoms with E-state index in [0.717, 1.165) is 139 Å². The van der Waals surface area contributed by atoms with Crippen molar-refractivity contribution in [2.75, 3.05) is 82.4 Å². The second-order valence-corrected chi connectivity index (χ2v) is 27.9. The Kier molecular flexibility index (Phi) is 21.0. The van der Waals surface area contributed by atoms with Crippen molar-refractivity contribution in [3.8, 4) is 33.8 Å². The minimum absolute atomic E-state index is 0.121. The molecule has 0 bridgehead atoms. The summed E-state index contributed by atoms with van der Waals surface area (Å²) in [4.78, 5) is 36.2. The standard InChI is InChI=1S/2C26H29ClN4.C25H29ClN4/c1-2-13-31-14-11-19(12-15-31)29-26-28-17-18-16-23(21-8-5-6-10-24(21)27)20-7-3-4-9-22(20)25(18)30-26;1-2-13-31-14-11-21(12-15-31)29-26-28-17-19-16-24(18-7-9-20(27)10-8-18)22-5-3-4-6-23(22)25(19)30-26;1-25(2,16-30(3)4)15-28-24-27-14-17-13-21(19-10-7-8-12-22(19)26)18-9-5-6-11-20(18)23(17)29-24/h3-10,17,19,23H,2,11-16H2,1H3,(H,28,29,30);3-10,17,21,24H,2,11-16H2,1H3,(H,28,29,30);5-12,14,21H,13,15-16H2,1-4H3,(H,27,28,29). The number of nitrogens with zero attached hydrogens (tertiary/aromatic N) is 9. The molecule has 0 radical (unpaired) electrons. The SMILES string of the molecule is CCCN1CCC(Nc2ncc3c(n2)-c2ccccc2C(c2ccc(Cl)cc2)C3)CC1.CCCN1CCC(Nc2ncc3c(n2)-c2ccccc2C(c2ccccc2Cl)C3)CC1.CN(C)CC(C)(C)CNc1ncc2c(n1)-c1ccccc1C(c1ccccc1Cl)C2. The molecule has 12 nitrogen and oxygen atoms in total. The zero-order chi connectivity index (χ0) is 63.7. The molecule has 6 aromatic carbocycles. The first-order chi connectivity index (χ1) is 44.8. The molecule has 14 rings (SSSR count). The van der Waals surface area contributed by atoms with Crippen molar-refractivity contribution in [2.24, 2.45) is 5.41 Å². The molecule has 0 saturated carbocycles. The van der Waals surface area contributed by atoms with Crippen LogP contribution in [0.4, 0.5) is 17.8 Å². The molecule has 476 valence electrons. The summed E-state index contributed by atoms with van der Waals surface area (Å²) >= 11 is 19.2. The lowest BCUT2D eigenvalue weighted by Gasteiger charge is -2.32. The van der Waals surface area contributed by atoms with Gasteiger partial charge in [-0.05, 0) is 165 Å². The first-order valence-electron chi connectivity index (χ1n) is 33.2. The first-order valence-corrected chi connectivity index (χ1v) is 34.4. The lowest BCUT2D eigenvalue weighted by atomic mass is 9.78. The molecule has 5 aliphatic rings.